The summed E-state index contributed by atoms with van der Waals surface area (Å²) in [6.45, 7) is 0. The Labute approximate surface area is 98.9 Å². The van der Waals surface area contributed by atoms with Gasteiger partial charge in [-0.05, 0) is 23.8 Å². The topological polar surface area (TPSA) is 55.8 Å². The van der Waals surface area contributed by atoms with E-state index in [1.807, 2.05) is 0 Å². The molecule has 0 atom stereocenters. The third-order valence-electron chi connectivity index (χ3n) is 1.93. The lowest BCUT2D eigenvalue weighted by Gasteiger charge is -2.07. The maximum atomic E-state index is 10.6. The summed E-state index contributed by atoms with van der Waals surface area (Å²) in [6, 6.07) is 5.10. The summed E-state index contributed by atoms with van der Waals surface area (Å²) in [5.41, 5.74) is 0.685. The van der Waals surface area contributed by atoms with Crippen LogP contribution in [0.25, 0.3) is 6.08 Å². The first kappa shape index (κ1) is 12.4. The zero-order valence-electron chi connectivity index (χ0n) is 8.93. The Kier molecular flexibility index (Phi) is 4.25. The van der Waals surface area contributed by atoms with E-state index < -0.39 is 5.97 Å². The van der Waals surface area contributed by atoms with Crippen LogP contribution in [0.15, 0.2) is 23.1 Å². The molecule has 0 amide bonds. The smallest absolute Gasteiger partial charge is 0.341 e. The van der Waals surface area contributed by atoms with E-state index in [2.05, 4.69) is 12.6 Å². The second-order valence-corrected chi connectivity index (χ2v) is 3.43. The molecule has 0 saturated heterocycles. The third-order valence-corrected chi connectivity index (χ3v) is 2.25. The van der Waals surface area contributed by atoms with Gasteiger partial charge in [-0.1, -0.05) is 6.07 Å². The van der Waals surface area contributed by atoms with Crippen LogP contribution in [0.1, 0.15) is 5.56 Å². The van der Waals surface area contributed by atoms with Crippen molar-refractivity contribution in [2.75, 3.05) is 14.2 Å². The van der Waals surface area contributed by atoms with E-state index in [4.69, 9.17) is 14.6 Å². The van der Waals surface area contributed by atoms with Gasteiger partial charge in [0.1, 0.15) is 0 Å². The Hall–Kier alpha value is -1.62. The van der Waals surface area contributed by atoms with Crippen molar-refractivity contribution in [2.45, 2.75) is 0 Å². The fraction of sp³-hybridized carbons (Fsp3) is 0.182. The van der Waals surface area contributed by atoms with Crippen LogP contribution in [0, 0.1) is 0 Å². The summed E-state index contributed by atoms with van der Waals surface area (Å²) in [4.78, 5) is 10.5. The largest absolute Gasteiger partial charge is 0.493 e. The second-order valence-electron chi connectivity index (χ2n) is 2.95. The molecule has 5 heteroatoms. The quantitative estimate of drug-likeness (QED) is 0.625. The zero-order valence-corrected chi connectivity index (χ0v) is 9.82. The Bertz CT molecular complexity index is 426. The van der Waals surface area contributed by atoms with E-state index in [1.165, 1.54) is 20.3 Å². The Balaban J connectivity index is 3.09. The number of methoxy groups -OCH3 is 2. The minimum absolute atomic E-state index is 0.0350. The molecule has 0 fully saturated rings. The van der Waals surface area contributed by atoms with Gasteiger partial charge in [0.05, 0.1) is 19.1 Å². The number of benzene rings is 1. The van der Waals surface area contributed by atoms with Gasteiger partial charge in [0.2, 0.25) is 0 Å². The average Bonchev–Trinajstić information content (AvgIpc) is 2.28. The van der Waals surface area contributed by atoms with Gasteiger partial charge in [0.25, 0.3) is 0 Å². The monoisotopic (exact) mass is 240 g/mol. The van der Waals surface area contributed by atoms with Crippen LogP contribution in [0.5, 0.6) is 11.5 Å². The molecular weight excluding hydrogens is 228 g/mol. The van der Waals surface area contributed by atoms with Gasteiger partial charge in [-0.25, -0.2) is 4.79 Å². The van der Waals surface area contributed by atoms with E-state index in [9.17, 15) is 4.79 Å². The maximum absolute atomic E-state index is 10.6. The highest BCUT2D eigenvalue weighted by Gasteiger charge is 2.05. The molecule has 0 aliphatic heterocycles. The number of aliphatic carboxylic acids is 1. The molecule has 1 aromatic carbocycles. The summed E-state index contributed by atoms with van der Waals surface area (Å²) in [6.07, 6.45) is 1.44. The van der Waals surface area contributed by atoms with Gasteiger partial charge >= 0.3 is 5.97 Å². The normalized spacial score (nSPS) is 11.1. The van der Waals surface area contributed by atoms with Crippen molar-refractivity contribution < 1.29 is 19.4 Å². The van der Waals surface area contributed by atoms with E-state index in [0.29, 0.717) is 17.1 Å². The fourth-order valence-electron chi connectivity index (χ4n) is 1.16. The fourth-order valence-corrected chi connectivity index (χ4v) is 1.31. The highest BCUT2D eigenvalue weighted by Crippen LogP contribution is 2.28. The molecule has 1 N–H and O–H groups in total. The van der Waals surface area contributed by atoms with Crippen LogP contribution in [0.3, 0.4) is 0 Å². The van der Waals surface area contributed by atoms with Gasteiger partial charge in [0, 0.05) is 0 Å². The van der Waals surface area contributed by atoms with Crippen LogP contribution >= 0.6 is 12.6 Å². The minimum atomic E-state index is -1.07. The van der Waals surface area contributed by atoms with Crippen molar-refractivity contribution in [3.8, 4) is 11.5 Å². The lowest BCUT2D eigenvalue weighted by atomic mass is 10.2. The summed E-state index contributed by atoms with van der Waals surface area (Å²) < 4.78 is 10.2. The molecule has 0 radical (unpaired) electrons. The number of ether oxygens (including phenoxy) is 2. The number of hydrogen-bond acceptors (Lipinski definition) is 4. The third kappa shape index (κ3) is 2.93. The first-order chi connectivity index (χ1) is 7.58. The number of carboxylic acids is 1. The molecule has 0 spiro atoms. The summed E-state index contributed by atoms with van der Waals surface area (Å²) in [7, 11) is 3.05. The minimum Gasteiger partial charge on any atom is -0.493 e. The Morgan fingerprint density at radius 1 is 1.31 bits per heavy atom. The summed E-state index contributed by atoms with van der Waals surface area (Å²) >= 11 is 3.84. The number of hydrogen-bond donors (Lipinski definition) is 2. The molecule has 0 bridgehead atoms. The molecule has 0 saturated carbocycles. The maximum Gasteiger partial charge on any atom is 0.341 e. The first-order valence-electron chi connectivity index (χ1n) is 4.44. The predicted molar refractivity (Wildman–Crippen MR) is 64.1 cm³/mol. The molecule has 0 heterocycles. The highest BCUT2D eigenvalue weighted by atomic mass is 32.1. The van der Waals surface area contributed by atoms with E-state index in [0.717, 1.165) is 0 Å². The number of rotatable bonds is 4. The van der Waals surface area contributed by atoms with Gasteiger partial charge in [-0.15, -0.1) is 12.6 Å². The van der Waals surface area contributed by atoms with Gasteiger partial charge in [-0.3, -0.25) is 0 Å². The number of thiol groups is 1. The first-order valence-corrected chi connectivity index (χ1v) is 4.89. The molecule has 0 aliphatic rings. The lowest BCUT2D eigenvalue weighted by molar-refractivity contribution is -0.131. The molecule has 16 heavy (non-hydrogen) atoms. The SMILES string of the molecule is COc1ccc(/C=C(\S)C(=O)O)cc1OC. The standard InChI is InChI=1S/C11H12O4S/c1-14-8-4-3-7(5-9(8)15-2)6-10(16)11(12)13/h3-6,16H,1-2H3,(H,12,13)/b10-6-. The molecular formula is C11H12O4S. The van der Waals surface area contributed by atoms with Crippen molar-refractivity contribution in [1.29, 1.82) is 0 Å². The van der Waals surface area contributed by atoms with Crippen LogP contribution in [0.4, 0.5) is 0 Å². The number of carboxylic acid groups (broad SMARTS) is 1. The molecule has 0 aliphatic carbocycles. The number of carbonyl (C=O) groups is 1. The molecule has 1 aromatic rings. The van der Waals surface area contributed by atoms with Crippen LogP contribution in [-0.2, 0) is 4.79 Å². The Morgan fingerprint density at radius 3 is 2.44 bits per heavy atom. The van der Waals surface area contributed by atoms with Gasteiger partial charge in [-0.2, -0.15) is 0 Å². The molecule has 86 valence electrons. The molecule has 0 unspecified atom stereocenters. The van der Waals surface area contributed by atoms with Crippen molar-refractivity contribution in [1.82, 2.24) is 0 Å². The Morgan fingerprint density at radius 2 is 1.94 bits per heavy atom. The lowest BCUT2D eigenvalue weighted by Crippen LogP contribution is -1.94. The van der Waals surface area contributed by atoms with E-state index >= 15 is 0 Å². The average molecular weight is 240 g/mol. The van der Waals surface area contributed by atoms with Gasteiger partial charge < -0.3 is 14.6 Å². The predicted octanol–water partition coefficient (Wildman–Crippen LogP) is 2.06. The van der Waals surface area contributed by atoms with Crippen molar-refractivity contribution in [3.05, 3.63) is 28.7 Å². The molecule has 4 nitrogen and oxygen atoms in total. The zero-order chi connectivity index (χ0) is 12.1. The van der Waals surface area contributed by atoms with Crippen LogP contribution in [0.2, 0.25) is 0 Å². The summed E-state index contributed by atoms with van der Waals surface area (Å²) in [5.74, 6) is 0.0663. The van der Waals surface area contributed by atoms with Crippen molar-refractivity contribution in [2.24, 2.45) is 0 Å². The van der Waals surface area contributed by atoms with Crippen molar-refractivity contribution >= 4 is 24.7 Å². The summed E-state index contributed by atoms with van der Waals surface area (Å²) in [5, 5.41) is 8.67. The van der Waals surface area contributed by atoms with E-state index in [1.54, 1.807) is 18.2 Å². The van der Waals surface area contributed by atoms with E-state index in [-0.39, 0.29) is 4.91 Å². The highest BCUT2D eigenvalue weighted by molar-refractivity contribution is 7.85. The van der Waals surface area contributed by atoms with Crippen LogP contribution in [-0.4, -0.2) is 25.3 Å². The van der Waals surface area contributed by atoms with Crippen molar-refractivity contribution in [3.63, 3.8) is 0 Å². The molecule has 1 rings (SSSR count). The molecule has 0 aromatic heterocycles. The van der Waals surface area contributed by atoms with Crippen LogP contribution < -0.4 is 9.47 Å². The second kappa shape index (κ2) is 5.46. The van der Waals surface area contributed by atoms with Gasteiger partial charge in [0.15, 0.2) is 11.5 Å².